The van der Waals surface area contributed by atoms with Crippen molar-refractivity contribution in [3.63, 3.8) is 0 Å². The lowest BCUT2D eigenvalue weighted by atomic mass is 10.1. The molecule has 0 radical (unpaired) electrons. The van der Waals surface area contributed by atoms with Gasteiger partial charge in [-0.3, -0.25) is 19.3 Å². The number of carbonyl (C=O) groups excluding carboxylic acids is 1. The predicted octanol–water partition coefficient (Wildman–Crippen LogP) is 3.05. The molecule has 1 amide bonds. The number of aromatic amines is 1. The number of hydrogen-bond donors (Lipinski definition) is 2. The van der Waals surface area contributed by atoms with Gasteiger partial charge in [-0.25, -0.2) is 4.98 Å². The SMILES string of the molecule is CCc1c(C)sc2nc(SCC(=O)Nc3c(C)n[nH]c3C)n(CCOC)c(=O)c12. The fraction of sp³-hybridized carbons (Fsp3) is 0.474. The van der Waals surface area contributed by atoms with E-state index in [1.165, 1.54) is 23.1 Å². The second-order valence-electron chi connectivity index (χ2n) is 6.66. The minimum Gasteiger partial charge on any atom is -0.383 e. The van der Waals surface area contributed by atoms with Crippen LogP contribution in [0.5, 0.6) is 0 Å². The Morgan fingerprint density at radius 3 is 2.72 bits per heavy atom. The van der Waals surface area contributed by atoms with Gasteiger partial charge in [0, 0.05) is 12.0 Å². The molecule has 3 rings (SSSR count). The van der Waals surface area contributed by atoms with Gasteiger partial charge in [-0.2, -0.15) is 5.10 Å². The number of amides is 1. The predicted molar refractivity (Wildman–Crippen MR) is 117 cm³/mol. The van der Waals surface area contributed by atoms with Gasteiger partial charge in [0.05, 0.1) is 41.4 Å². The van der Waals surface area contributed by atoms with Gasteiger partial charge in [0.2, 0.25) is 5.91 Å². The van der Waals surface area contributed by atoms with Gasteiger partial charge in [-0.05, 0) is 32.8 Å². The standard InChI is InChI=1S/C19H25N5O3S2/c1-6-13-12(4)29-17-15(13)18(26)24(7-8-27-5)19(21-17)28-9-14(25)20-16-10(2)22-23-11(16)3/h6-9H2,1-5H3,(H,20,25)(H,22,23). The van der Waals surface area contributed by atoms with Crippen LogP contribution in [0.4, 0.5) is 5.69 Å². The Morgan fingerprint density at radius 2 is 2.10 bits per heavy atom. The number of fused-ring (bicyclic) bond motifs is 1. The van der Waals surface area contributed by atoms with Crippen molar-refractivity contribution in [2.45, 2.75) is 45.8 Å². The Morgan fingerprint density at radius 1 is 1.34 bits per heavy atom. The number of H-pyrrole nitrogens is 1. The number of methoxy groups -OCH3 is 1. The molecule has 0 aromatic carbocycles. The molecule has 0 unspecified atom stereocenters. The highest BCUT2D eigenvalue weighted by Crippen LogP contribution is 2.29. The van der Waals surface area contributed by atoms with Crippen molar-refractivity contribution in [2.24, 2.45) is 0 Å². The second kappa shape index (κ2) is 9.10. The molecule has 0 fully saturated rings. The number of anilines is 1. The molecule has 156 valence electrons. The van der Waals surface area contributed by atoms with Crippen molar-refractivity contribution < 1.29 is 9.53 Å². The summed E-state index contributed by atoms with van der Waals surface area (Å²) in [5.74, 6) is -0.0353. The number of thiophene rings is 1. The highest BCUT2D eigenvalue weighted by atomic mass is 32.2. The lowest BCUT2D eigenvalue weighted by molar-refractivity contribution is -0.113. The summed E-state index contributed by atoms with van der Waals surface area (Å²) in [5.41, 5.74) is 3.21. The third-order valence-electron chi connectivity index (χ3n) is 4.67. The lowest BCUT2D eigenvalue weighted by Gasteiger charge is -2.12. The Labute approximate surface area is 177 Å². The zero-order chi connectivity index (χ0) is 21.1. The lowest BCUT2D eigenvalue weighted by Crippen LogP contribution is -2.26. The summed E-state index contributed by atoms with van der Waals surface area (Å²) in [4.78, 5) is 32.2. The first-order valence-electron chi connectivity index (χ1n) is 9.33. The molecule has 0 bridgehead atoms. The van der Waals surface area contributed by atoms with Crippen LogP contribution in [0, 0.1) is 20.8 Å². The Balaban J connectivity index is 1.89. The van der Waals surface area contributed by atoms with E-state index in [2.05, 4.69) is 15.5 Å². The van der Waals surface area contributed by atoms with Crippen LogP contribution in [0.3, 0.4) is 0 Å². The number of hydrogen-bond acceptors (Lipinski definition) is 7. The molecule has 0 saturated heterocycles. The van der Waals surface area contributed by atoms with E-state index in [0.29, 0.717) is 29.4 Å². The van der Waals surface area contributed by atoms with E-state index in [9.17, 15) is 9.59 Å². The van der Waals surface area contributed by atoms with Gasteiger partial charge >= 0.3 is 0 Å². The van der Waals surface area contributed by atoms with E-state index in [1.807, 2.05) is 27.7 Å². The molecule has 8 nitrogen and oxygen atoms in total. The van der Waals surface area contributed by atoms with Gasteiger partial charge in [0.15, 0.2) is 5.16 Å². The van der Waals surface area contributed by atoms with Crippen molar-refractivity contribution in [3.8, 4) is 0 Å². The highest BCUT2D eigenvalue weighted by Gasteiger charge is 2.19. The number of thioether (sulfide) groups is 1. The molecule has 3 heterocycles. The second-order valence-corrected chi connectivity index (χ2v) is 8.81. The number of rotatable bonds is 8. The summed E-state index contributed by atoms with van der Waals surface area (Å²) >= 11 is 2.78. The van der Waals surface area contributed by atoms with E-state index < -0.39 is 0 Å². The number of aromatic nitrogens is 4. The maximum atomic E-state index is 13.2. The number of carbonyl (C=O) groups is 1. The van der Waals surface area contributed by atoms with Crippen molar-refractivity contribution in [3.05, 3.63) is 32.2 Å². The molecule has 0 atom stereocenters. The van der Waals surface area contributed by atoms with Crippen LogP contribution in [0.15, 0.2) is 9.95 Å². The highest BCUT2D eigenvalue weighted by molar-refractivity contribution is 7.99. The summed E-state index contributed by atoms with van der Waals surface area (Å²) < 4.78 is 6.78. The van der Waals surface area contributed by atoms with Crippen molar-refractivity contribution in [1.82, 2.24) is 19.7 Å². The van der Waals surface area contributed by atoms with E-state index in [-0.39, 0.29) is 17.2 Å². The van der Waals surface area contributed by atoms with E-state index in [1.54, 1.807) is 11.7 Å². The minimum absolute atomic E-state index is 0.0716. The molecule has 0 saturated carbocycles. The van der Waals surface area contributed by atoms with E-state index in [0.717, 1.165) is 33.1 Å². The van der Waals surface area contributed by atoms with Crippen LogP contribution < -0.4 is 10.9 Å². The average molecular weight is 436 g/mol. The zero-order valence-electron chi connectivity index (χ0n) is 17.2. The third kappa shape index (κ3) is 4.39. The quantitative estimate of drug-likeness (QED) is 0.417. The van der Waals surface area contributed by atoms with Crippen molar-refractivity contribution in [2.75, 3.05) is 24.8 Å². The van der Waals surface area contributed by atoms with Gasteiger partial charge in [-0.15, -0.1) is 11.3 Å². The molecular formula is C19H25N5O3S2. The Hall–Kier alpha value is -2.17. The van der Waals surface area contributed by atoms with Crippen LogP contribution in [-0.2, 0) is 22.5 Å². The van der Waals surface area contributed by atoms with Crippen LogP contribution >= 0.6 is 23.1 Å². The smallest absolute Gasteiger partial charge is 0.263 e. The number of nitrogens with zero attached hydrogens (tertiary/aromatic N) is 3. The van der Waals surface area contributed by atoms with Crippen molar-refractivity contribution >= 4 is 44.9 Å². The van der Waals surface area contributed by atoms with Gasteiger partial charge < -0.3 is 10.1 Å². The fourth-order valence-electron chi connectivity index (χ4n) is 3.19. The average Bonchev–Trinajstić information content (AvgIpc) is 3.18. The third-order valence-corrected chi connectivity index (χ3v) is 6.69. The molecule has 2 N–H and O–H groups in total. The summed E-state index contributed by atoms with van der Waals surface area (Å²) in [6, 6.07) is 0. The first-order valence-corrected chi connectivity index (χ1v) is 11.1. The summed E-state index contributed by atoms with van der Waals surface area (Å²) in [6.07, 6.45) is 0.783. The molecule has 3 aromatic rings. The summed E-state index contributed by atoms with van der Waals surface area (Å²) in [5, 5.41) is 11.0. The molecule has 0 aliphatic rings. The van der Waals surface area contributed by atoms with Crippen LogP contribution in [0.1, 0.15) is 28.8 Å². The van der Waals surface area contributed by atoms with E-state index in [4.69, 9.17) is 9.72 Å². The topological polar surface area (TPSA) is 102 Å². The number of aryl methyl sites for hydroxylation is 4. The summed E-state index contributed by atoms with van der Waals surface area (Å²) in [7, 11) is 1.60. The van der Waals surface area contributed by atoms with Crippen LogP contribution in [0.2, 0.25) is 0 Å². The largest absolute Gasteiger partial charge is 0.383 e. The molecule has 0 aliphatic heterocycles. The molecule has 3 aromatic heterocycles. The molecule has 0 aliphatic carbocycles. The summed E-state index contributed by atoms with van der Waals surface area (Å²) in [6.45, 7) is 8.52. The normalized spacial score (nSPS) is 11.3. The maximum absolute atomic E-state index is 13.2. The van der Waals surface area contributed by atoms with E-state index >= 15 is 0 Å². The Bertz CT molecular complexity index is 1080. The maximum Gasteiger partial charge on any atom is 0.263 e. The number of ether oxygens (including phenoxy) is 1. The first-order chi connectivity index (χ1) is 13.9. The zero-order valence-corrected chi connectivity index (χ0v) is 18.8. The van der Waals surface area contributed by atoms with Gasteiger partial charge in [0.25, 0.3) is 5.56 Å². The molecule has 0 spiro atoms. The van der Waals surface area contributed by atoms with Crippen LogP contribution in [-0.4, -0.2) is 45.1 Å². The molecule has 29 heavy (non-hydrogen) atoms. The monoisotopic (exact) mass is 435 g/mol. The fourth-order valence-corrected chi connectivity index (χ4v) is 5.17. The molecular weight excluding hydrogens is 410 g/mol. The van der Waals surface area contributed by atoms with Gasteiger partial charge in [-0.1, -0.05) is 18.7 Å². The Kier molecular flexibility index (Phi) is 6.76. The van der Waals surface area contributed by atoms with Gasteiger partial charge in [0.1, 0.15) is 4.83 Å². The molecule has 10 heteroatoms. The number of nitrogens with one attached hydrogen (secondary N) is 2. The van der Waals surface area contributed by atoms with Crippen LogP contribution in [0.25, 0.3) is 10.2 Å². The van der Waals surface area contributed by atoms with Crippen molar-refractivity contribution in [1.29, 1.82) is 0 Å². The minimum atomic E-state index is -0.174. The first kappa shape index (κ1) is 21.5.